The number of hydrogen-bond acceptors (Lipinski definition) is 2. The van der Waals surface area contributed by atoms with E-state index in [0.717, 1.165) is 17.1 Å². The van der Waals surface area contributed by atoms with Crippen molar-refractivity contribution >= 4 is 17.3 Å². The second-order valence-electron chi connectivity index (χ2n) is 3.03. The van der Waals surface area contributed by atoms with Gasteiger partial charge < -0.3 is 10.4 Å². The summed E-state index contributed by atoms with van der Waals surface area (Å²) in [5.74, 6) is 0. The summed E-state index contributed by atoms with van der Waals surface area (Å²) in [5.41, 5.74) is 2.29. The topological polar surface area (TPSA) is 32.3 Å². The summed E-state index contributed by atoms with van der Waals surface area (Å²) >= 11 is 5.82. The van der Waals surface area contributed by atoms with Crippen LogP contribution in [0.3, 0.4) is 0 Å². The molecular weight excluding hydrogens is 174 g/mol. The molecule has 1 aliphatic rings. The van der Waals surface area contributed by atoms with E-state index < -0.39 is 0 Å². The van der Waals surface area contributed by atoms with Crippen LogP contribution in [0.25, 0.3) is 0 Å². The quantitative estimate of drug-likeness (QED) is 0.694. The van der Waals surface area contributed by atoms with Crippen LogP contribution in [0.1, 0.15) is 5.56 Å². The molecule has 0 amide bonds. The van der Waals surface area contributed by atoms with E-state index in [9.17, 15) is 0 Å². The van der Waals surface area contributed by atoms with E-state index in [0.29, 0.717) is 0 Å². The van der Waals surface area contributed by atoms with Crippen LogP contribution in [0.15, 0.2) is 18.2 Å². The highest BCUT2D eigenvalue weighted by molar-refractivity contribution is 6.30. The van der Waals surface area contributed by atoms with Crippen molar-refractivity contribution in [1.29, 1.82) is 0 Å². The van der Waals surface area contributed by atoms with Gasteiger partial charge in [0, 0.05) is 10.7 Å². The summed E-state index contributed by atoms with van der Waals surface area (Å²) in [6.07, 6.45) is 0.867. The van der Waals surface area contributed by atoms with Crippen LogP contribution in [0.2, 0.25) is 5.02 Å². The van der Waals surface area contributed by atoms with Crippen LogP contribution in [0, 0.1) is 0 Å². The highest BCUT2D eigenvalue weighted by atomic mass is 35.5. The van der Waals surface area contributed by atoms with Gasteiger partial charge in [0.1, 0.15) is 0 Å². The number of aliphatic hydroxyl groups excluding tert-OH is 1. The fourth-order valence-corrected chi connectivity index (χ4v) is 1.71. The zero-order chi connectivity index (χ0) is 8.55. The third-order valence-corrected chi connectivity index (χ3v) is 2.35. The van der Waals surface area contributed by atoms with Crippen molar-refractivity contribution in [3.8, 4) is 0 Å². The molecule has 0 saturated carbocycles. The number of anilines is 1. The molecule has 1 atom stereocenters. The van der Waals surface area contributed by atoms with Gasteiger partial charge in [0.15, 0.2) is 0 Å². The van der Waals surface area contributed by atoms with E-state index in [4.69, 9.17) is 16.7 Å². The van der Waals surface area contributed by atoms with E-state index >= 15 is 0 Å². The summed E-state index contributed by atoms with van der Waals surface area (Å²) in [6, 6.07) is 5.92. The van der Waals surface area contributed by atoms with Gasteiger partial charge >= 0.3 is 0 Å². The minimum atomic E-state index is 0.165. The first-order chi connectivity index (χ1) is 5.79. The first kappa shape index (κ1) is 7.90. The van der Waals surface area contributed by atoms with E-state index in [1.165, 1.54) is 5.56 Å². The molecular formula is C9H10ClNO. The molecule has 3 heteroatoms. The van der Waals surface area contributed by atoms with Crippen LogP contribution < -0.4 is 5.32 Å². The monoisotopic (exact) mass is 183 g/mol. The van der Waals surface area contributed by atoms with Crippen LogP contribution in [-0.2, 0) is 6.42 Å². The van der Waals surface area contributed by atoms with Crippen LogP contribution in [0.5, 0.6) is 0 Å². The molecule has 1 unspecified atom stereocenters. The van der Waals surface area contributed by atoms with E-state index in [1.807, 2.05) is 18.2 Å². The lowest BCUT2D eigenvalue weighted by atomic mass is 10.1. The fraction of sp³-hybridized carbons (Fsp3) is 0.333. The van der Waals surface area contributed by atoms with Crippen molar-refractivity contribution in [3.63, 3.8) is 0 Å². The molecule has 0 radical (unpaired) electrons. The van der Waals surface area contributed by atoms with Gasteiger partial charge in [0.05, 0.1) is 12.6 Å². The van der Waals surface area contributed by atoms with E-state index in [2.05, 4.69) is 5.32 Å². The Balaban J connectivity index is 2.30. The van der Waals surface area contributed by atoms with Crippen molar-refractivity contribution in [2.45, 2.75) is 12.5 Å². The number of aliphatic hydroxyl groups is 1. The average molecular weight is 184 g/mol. The number of nitrogens with one attached hydrogen (secondary N) is 1. The number of benzene rings is 1. The van der Waals surface area contributed by atoms with Crippen LogP contribution in [0.4, 0.5) is 5.69 Å². The molecule has 1 aromatic rings. The van der Waals surface area contributed by atoms with Gasteiger partial charge in [-0.05, 0) is 30.2 Å². The molecule has 2 N–H and O–H groups in total. The fourth-order valence-electron chi connectivity index (χ4n) is 1.52. The molecule has 12 heavy (non-hydrogen) atoms. The second-order valence-corrected chi connectivity index (χ2v) is 3.47. The van der Waals surface area contributed by atoms with Crippen molar-refractivity contribution in [2.24, 2.45) is 0 Å². The number of fused-ring (bicyclic) bond motifs is 1. The normalized spacial score (nSPS) is 20.3. The zero-order valence-corrected chi connectivity index (χ0v) is 7.30. The molecule has 1 aromatic carbocycles. The third kappa shape index (κ3) is 1.28. The van der Waals surface area contributed by atoms with Crippen molar-refractivity contribution in [3.05, 3.63) is 28.8 Å². The molecule has 0 spiro atoms. The lowest BCUT2D eigenvalue weighted by Crippen LogP contribution is -2.19. The molecule has 1 heterocycles. The Kier molecular flexibility index (Phi) is 1.95. The maximum Gasteiger partial charge on any atom is 0.0636 e. The number of hydrogen-bond donors (Lipinski definition) is 2. The van der Waals surface area contributed by atoms with Crippen LogP contribution >= 0.6 is 11.6 Å². The zero-order valence-electron chi connectivity index (χ0n) is 6.55. The van der Waals surface area contributed by atoms with Crippen LogP contribution in [-0.4, -0.2) is 17.8 Å². The summed E-state index contributed by atoms with van der Waals surface area (Å²) in [6.45, 7) is 0.173. The highest BCUT2D eigenvalue weighted by Crippen LogP contribution is 2.27. The predicted molar refractivity (Wildman–Crippen MR) is 49.7 cm³/mol. The van der Waals surface area contributed by atoms with Gasteiger partial charge in [-0.25, -0.2) is 0 Å². The van der Waals surface area contributed by atoms with Gasteiger partial charge in [-0.1, -0.05) is 11.6 Å². The molecule has 64 valence electrons. The van der Waals surface area contributed by atoms with Crippen molar-refractivity contribution in [1.82, 2.24) is 0 Å². The van der Waals surface area contributed by atoms with Crippen molar-refractivity contribution in [2.75, 3.05) is 11.9 Å². The largest absolute Gasteiger partial charge is 0.394 e. The minimum absolute atomic E-state index is 0.165. The van der Waals surface area contributed by atoms with Gasteiger partial charge in [-0.15, -0.1) is 0 Å². The first-order valence-corrected chi connectivity index (χ1v) is 4.33. The van der Waals surface area contributed by atoms with Crippen molar-refractivity contribution < 1.29 is 5.11 Å². The third-order valence-electron chi connectivity index (χ3n) is 2.11. The highest BCUT2D eigenvalue weighted by Gasteiger charge is 2.19. The maximum atomic E-state index is 8.91. The molecule has 0 saturated heterocycles. The molecule has 2 rings (SSSR count). The van der Waals surface area contributed by atoms with Gasteiger partial charge in [-0.3, -0.25) is 0 Å². The Hall–Kier alpha value is -0.730. The second kappa shape index (κ2) is 2.96. The van der Waals surface area contributed by atoms with E-state index in [-0.39, 0.29) is 12.6 Å². The van der Waals surface area contributed by atoms with Gasteiger partial charge in [-0.2, -0.15) is 0 Å². The summed E-state index contributed by atoms with van der Waals surface area (Å²) < 4.78 is 0. The average Bonchev–Trinajstić information content (AvgIpc) is 2.46. The minimum Gasteiger partial charge on any atom is -0.394 e. The Labute approximate surface area is 76.2 Å². The Morgan fingerprint density at radius 2 is 2.42 bits per heavy atom. The maximum absolute atomic E-state index is 8.91. The Morgan fingerprint density at radius 3 is 3.17 bits per heavy atom. The SMILES string of the molecule is OCC1Cc2cc(Cl)ccc2N1. The lowest BCUT2D eigenvalue weighted by molar-refractivity contribution is 0.277. The summed E-state index contributed by atoms with van der Waals surface area (Å²) in [5, 5.41) is 12.9. The molecule has 0 bridgehead atoms. The van der Waals surface area contributed by atoms with Gasteiger partial charge in [0.25, 0.3) is 0 Å². The number of halogens is 1. The molecule has 2 nitrogen and oxygen atoms in total. The summed E-state index contributed by atoms with van der Waals surface area (Å²) in [4.78, 5) is 0. The lowest BCUT2D eigenvalue weighted by Gasteiger charge is -2.04. The van der Waals surface area contributed by atoms with Gasteiger partial charge in [0.2, 0.25) is 0 Å². The number of rotatable bonds is 1. The first-order valence-electron chi connectivity index (χ1n) is 3.95. The standard InChI is InChI=1S/C9H10ClNO/c10-7-1-2-9-6(3-7)4-8(5-12)11-9/h1-3,8,11-12H,4-5H2. The molecule has 0 fully saturated rings. The van der Waals surface area contributed by atoms with E-state index in [1.54, 1.807) is 0 Å². The predicted octanol–water partition coefficient (Wildman–Crippen LogP) is 1.67. The summed E-state index contributed by atoms with van der Waals surface area (Å²) in [7, 11) is 0. The molecule has 1 aliphatic heterocycles. The molecule has 0 aromatic heterocycles. The Bertz CT molecular complexity index is 301. The Morgan fingerprint density at radius 1 is 1.58 bits per heavy atom. The molecule has 0 aliphatic carbocycles. The smallest absolute Gasteiger partial charge is 0.0636 e.